The molecule has 2 aromatic carbocycles. The zero-order chi connectivity index (χ0) is 19.7. The van der Waals surface area contributed by atoms with Gasteiger partial charge in [-0.1, -0.05) is 12.1 Å². The predicted molar refractivity (Wildman–Crippen MR) is 112 cm³/mol. The number of aromatic nitrogens is 1. The van der Waals surface area contributed by atoms with Crippen molar-refractivity contribution in [2.75, 3.05) is 10.3 Å². The van der Waals surface area contributed by atoms with E-state index in [-0.39, 0.29) is 18.2 Å². The Kier molecular flexibility index (Phi) is 4.69. The molecule has 1 N–H and O–H groups in total. The molecule has 0 unspecified atom stereocenters. The van der Waals surface area contributed by atoms with Gasteiger partial charge in [0.15, 0.2) is 0 Å². The molecule has 0 bridgehead atoms. The molecule has 1 aliphatic rings. The van der Waals surface area contributed by atoms with Crippen molar-refractivity contribution in [2.45, 2.75) is 33.2 Å². The molecule has 1 aliphatic heterocycles. The van der Waals surface area contributed by atoms with Crippen LogP contribution in [0.5, 0.6) is 0 Å². The molecule has 2 heterocycles. The van der Waals surface area contributed by atoms with Crippen LogP contribution in [0.2, 0.25) is 0 Å². The second-order valence-electron chi connectivity index (χ2n) is 6.92. The number of rotatable bonds is 4. The number of hydrazone groups is 1. The van der Waals surface area contributed by atoms with Crippen LogP contribution < -0.4 is 10.3 Å². The van der Waals surface area contributed by atoms with Crippen molar-refractivity contribution >= 4 is 39.8 Å². The Balaban J connectivity index is 1.57. The Morgan fingerprint density at radius 2 is 2.00 bits per heavy atom. The van der Waals surface area contributed by atoms with Crippen molar-refractivity contribution in [2.24, 2.45) is 5.10 Å². The van der Waals surface area contributed by atoms with Gasteiger partial charge >= 0.3 is 0 Å². The number of fused-ring (bicyclic) bond motifs is 1. The van der Waals surface area contributed by atoms with Crippen LogP contribution in [0.15, 0.2) is 59.8 Å². The number of benzene rings is 2. The summed E-state index contributed by atoms with van der Waals surface area (Å²) in [7, 11) is 0. The fourth-order valence-electron chi connectivity index (χ4n) is 3.43. The number of hydrogen-bond acceptors (Lipinski definition) is 3. The highest BCUT2D eigenvalue weighted by Crippen LogP contribution is 2.23. The maximum absolute atomic E-state index is 12.7. The van der Waals surface area contributed by atoms with Gasteiger partial charge in [-0.2, -0.15) is 5.10 Å². The van der Waals surface area contributed by atoms with Crippen molar-refractivity contribution in [1.29, 1.82) is 0 Å². The van der Waals surface area contributed by atoms with E-state index >= 15 is 0 Å². The lowest BCUT2D eigenvalue weighted by atomic mass is 10.1. The maximum atomic E-state index is 12.7. The van der Waals surface area contributed by atoms with Crippen molar-refractivity contribution in [3.05, 3.63) is 60.3 Å². The molecule has 0 radical (unpaired) electrons. The van der Waals surface area contributed by atoms with Crippen molar-refractivity contribution in [3.63, 3.8) is 0 Å². The third kappa shape index (κ3) is 3.41. The first kappa shape index (κ1) is 18.0. The van der Waals surface area contributed by atoms with Crippen LogP contribution in [0.1, 0.15) is 25.3 Å². The molecule has 0 atom stereocenters. The Morgan fingerprint density at radius 1 is 1.14 bits per heavy atom. The highest BCUT2D eigenvalue weighted by atomic mass is 16.2. The standard InChI is InChI=1S/C22H22N4O2/c1-3-25-12-11-16-14-17(7-9-20(16)25)23-22(28)19-8-10-21(27)26(24-19)18-6-4-5-15(2)13-18/h4-7,9,11-14H,3,8,10H2,1-2H3,(H,23,28). The molecule has 0 saturated carbocycles. The van der Waals surface area contributed by atoms with Gasteiger partial charge in [-0.25, -0.2) is 5.01 Å². The summed E-state index contributed by atoms with van der Waals surface area (Å²) in [5.74, 6) is -0.385. The molecular weight excluding hydrogens is 352 g/mol. The number of aryl methyl sites for hydroxylation is 2. The van der Waals surface area contributed by atoms with E-state index in [1.54, 1.807) is 0 Å². The first-order valence-corrected chi connectivity index (χ1v) is 9.42. The molecule has 142 valence electrons. The minimum Gasteiger partial charge on any atom is -0.348 e. The fourth-order valence-corrected chi connectivity index (χ4v) is 3.43. The Hall–Kier alpha value is -3.41. The van der Waals surface area contributed by atoms with Gasteiger partial charge in [-0.05, 0) is 55.8 Å². The van der Waals surface area contributed by atoms with Crippen LogP contribution >= 0.6 is 0 Å². The van der Waals surface area contributed by atoms with E-state index in [1.165, 1.54) is 5.01 Å². The molecule has 3 aromatic rings. The number of nitrogens with zero attached hydrogens (tertiary/aromatic N) is 3. The van der Waals surface area contributed by atoms with Crippen LogP contribution in [0.4, 0.5) is 11.4 Å². The topological polar surface area (TPSA) is 66.7 Å². The molecule has 6 heteroatoms. The molecule has 0 fully saturated rings. The number of nitrogens with one attached hydrogen (secondary N) is 1. The smallest absolute Gasteiger partial charge is 0.271 e. The van der Waals surface area contributed by atoms with E-state index in [2.05, 4.69) is 21.9 Å². The van der Waals surface area contributed by atoms with Gasteiger partial charge in [0.05, 0.1) is 5.69 Å². The van der Waals surface area contributed by atoms with E-state index in [4.69, 9.17) is 0 Å². The third-order valence-electron chi connectivity index (χ3n) is 4.91. The largest absolute Gasteiger partial charge is 0.348 e. The van der Waals surface area contributed by atoms with Gasteiger partial charge in [0, 0.05) is 42.2 Å². The summed E-state index contributed by atoms with van der Waals surface area (Å²) in [6, 6.07) is 15.4. The van der Waals surface area contributed by atoms with Gasteiger partial charge < -0.3 is 9.88 Å². The zero-order valence-electron chi connectivity index (χ0n) is 16.0. The first-order valence-electron chi connectivity index (χ1n) is 9.42. The molecule has 0 saturated heterocycles. The summed E-state index contributed by atoms with van der Waals surface area (Å²) in [5, 5.41) is 9.65. The highest BCUT2D eigenvalue weighted by molar-refractivity contribution is 6.44. The lowest BCUT2D eigenvalue weighted by Crippen LogP contribution is -2.36. The Labute approximate surface area is 163 Å². The summed E-state index contributed by atoms with van der Waals surface area (Å²) in [5.41, 5.74) is 3.91. The maximum Gasteiger partial charge on any atom is 0.271 e. The number of carbonyl (C=O) groups is 2. The van der Waals surface area contributed by atoms with Crippen LogP contribution in [-0.2, 0) is 16.1 Å². The molecule has 0 aliphatic carbocycles. The number of hydrogen-bond donors (Lipinski definition) is 1. The zero-order valence-corrected chi connectivity index (χ0v) is 16.0. The molecule has 2 amide bonds. The number of anilines is 2. The summed E-state index contributed by atoms with van der Waals surface area (Å²) in [6.07, 6.45) is 2.63. The summed E-state index contributed by atoms with van der Waals surface area (Å²) < 4.78 is 2.15. The van der Waals surface area contributed by atoms with Crippen LogP contribution in [0.25, 0.3) is 10.9 Å². The third-order valence-corrected chi connectivity index (χ3v) is 4.91. The molecule has 4 rings (SSSR count). The summed E-state index contributed by atoms with van der Waals surface area (Å²) in [6.45, 7) is 4.95. The van der Waals surface area contributed by atoms with E-state index in [0.29, 0.717) is 23.5 Å². The van der Waals surface area contributed by atoms with Gasteiger partial charge in [-0.15, -0.1) is 0 Å². The Morgan fingerprint density at radius 3 is 2.79 bits per heavy atom. The molecule has 1 aromatic heterocycles. The first-order chi connectivity index (χ1) is 13.5. The normalized spacial score (nSPS) is 14.3. The van der Waals surface area contributed by atoms with Crippen molar-refractivity contribution < 1.29 is 9.59 Å². The molecule has 0 spiro atoms. The average Bonchev–Trinajstić information content (AvgIpc) is 3.10. The number of carbonyl (C=O) groups excluding carboxylic acids is 2. The second-order valence-corrected chi connectivity index (χ2v) is 6.92. The van der Waals surface area contributed by atoms with E-state index in [9.17, 15) is 9.59 Å². The minimum atomic E-state index is -0.278. The summed E-state index contributed by atoms with van der Waals surface area (Å²) >= 11 is 0. The molecule has 6 nitrogen and oxygen atoms in total. The summed E-state index contributed by atoms with van der Waals surface area (Å²) in [4.78, 5) is 25.0. The van der Waals surface area contributed by atoms with Crippen LogP contribution in [0, 0.1) is 6.92 Å². The second kappa shape index (κ2) is 7.31. The lowest BCUT2D eigenvalue weighted by molar-refractivity contribution is -0.118. The van der Waals surface area contributed by atoms with Crippen LogP contribution in [-0.4, -0.2) is 22.1 Å². The monoisotopic (exact) mass is 374 g/mol. The van der Waals surface area contributed by atoms with E-state index < -0.39 is 0 Å². The minimum absolute atomic E-state index is 0.107. The van der Waals surface area contributed by atoms with Gasteiger partial charge in [-0.3, -0.25) is 9.59 Å². The molecular formula is C22H22N4O2. The van der Waals surface area contributed by atoms with E-state index in [0.717, 1.165) is 23.0 Å². The SMILES string of the molecule is CCn1ccc2cc(NC(=O)C3=NN(c4cccc(C)c4)C(=O)CC3)ccc21. The molecule has 28 heavy (non-hydrogen) atoms. The van der Waals surface area contributed by atoms with Gasteiger partial charge in [0.2, 0.25) is 5.91 Å². The Bertz CT molecular complexity index is 1100. The van der Waals surface area contributed by atoms with Crippen molar-refractivity contribution in [1.82, 2.24) is 4.57 Å². The van der Waals surface area contributed by atoms with Crippen molar-refractivity contribution in [3.8, 4) is 0 Å². The van der Waals surface area contributed by atoms with Gasteiger partial charge in [0.1, 0.15) is 5.71 Å². The average molecular weight is 374 g/mol. The number of amides is 2. The van der Waals surface area contributed by atoms with Crippen LogP contribution in [0.3, 0.4) is 0 Å². The highest BCUT2D eigenvalue weighted by Gasteiger charge is 2.25. The predicted octanol–water partition coefficient (Wildman–Crippen LogP) is 4.09. The fraction of sp³-hybridized carbons (Fsp3) is 0.227. The van der Waals surface area contributed by atoms with Gasteiger partial charge in [0.25, 0.3) is 5.91 Å². The van der Waals surface area contributed by atoms with E-state index in [1.807, 2.05) is 61.7 Å². The quantitative estimate of drug-likeness (QED) is 0.747. The lowest BCUT2D eigenvalue weighted by Gasteiger charge is -2.23.